The van der Waals surface area contributed by atoms with Gasteiger partial charge in [0.25, 0.3) is 5.69 Å². The topological polar surface area (TPSA) is 64.4 Å². The lowest BCUT2D eigenvalue weighted by atomic mass is 9.82. The van der Waals surface area contributed by atoms with Crippen molar-refractivity contribution in [3.8, 4) is 0 Å². The van der Waals surface area contributed by atoms with Crippen LogP contribution in [0.4, 0.5) is 5.69 Å². The minimum Gasteiger partial charge on any atom is -0.381 e. The molecule has 1 aromatic carbocycles. The van der Waals surface area contributed by atoms with Gasteiger partial charge in [-0.15, -0.1) is 0 Å². The van der Waals surface area contributed by atoms with Crippen molar-refractivity contribution in [1.29, 1.82) is 0 Å². The summed E-state index contributed by atoms with van der Waals surface area (Å²) in [6.07, 6.45) is 2.13. The normalized spacial score (nSPS) is 17.9. The number of ether oxygens (including phenoxy) is 1. The Hall–Kier alpha value is -1.46. The molecule has 0 aromatic heterocycles. The molecule has 0 aliphatic carbocycles. The van der Waals surface area contributed by atoms with E-state index in [9.17, 15) is 10.1 Å². The largest absolute Gasteiger partial charge is 0.381 e. The molecule has 1 aliphatic rings. The first kappa shape index (κ1) is 14.9. The predicted molar refractivity (Wildman–Crippen MR) is 77.7 cm³/mol. The van der Waals surface area contributed by atoms with Crippen molar-refractivity contribution in [2.75, 3.05) is 19.8 Å². The van der Waals surface area contributed by atoms with Crippen molar-refractivity contribution < 1.29 is 9.66 Å². The monoisotopic (exact) mass is 278 g/mol. The molecule has 2 rings (SSSR count). The summed E-state index contributed by atoms with van der Waals surface area (Å²) >= 11 is 0. The van der Waals surface area contributed by atoms with Gasteiger partial charge in [0.1, 0.15) is 0 Å². The summed E-state index contributed by atoms with van der Waals surface area (Å²) in [5, 5.41) is 14.4. The van der Waals surface area contributed by atoms with Crippen molar-refractivity contribution in [1.82, 2.24) is 5.32 Å². The van der Waals surface area contributed by atoms with Crippen LogP contribution in [-0.2, 0) is 11.3 Å². The number of hydrogen-bond donors (Lipinski definition) is 1. The Morgan fingerprint density at radius 3 is 2.75 bits per heavy atom. The molecular weight excluding hydrogens is 256 g/mol. The Labute approximate surface area is 119 Å². The van der Waals surface area contributed by atoms with Crippen LogP contribution in [0.15, 0.2) is 18.2 Å². The van der Waals surface area contributed by atoms with Gasteiger partial charge in [0, 0.05) is 37.9 Å². The SMILES string of the molecule is Cc1c(CNCC2(C)CCOCC2)cccc1[N+](=O)[O-]. The summed E-state index contributed by atoms with van der Waals surface area (Å²) in [6.45, 7) is 7.32. The van der Waals surface area contributed by atoms with Crippen molar-refractivity contribution >= 4 is 5.69 Å². The first-order valence-electron chi connectivity index (χ1n) is 7.03. The average molecular weight is 278 g/mol. The molecular formula is C15H22N2O3. The van der Waals surface area contributed by atoms with Gasteiger partial charge in [0.2, 0.25) is 0 Å². The number of nitrogens with one attached hydrogen (secondary N) is 1. The number of rotatable bonds is 5. The molecule has 110 valence electrons. The molecule has 1 aromatic rings. The quantitative estimate of drug-likeness (QED) is 0.664. The fourth-order valence-corrected chi connectivity index (χ4v) is 2.60. The maximum atomic E-state index is 10.9. The van der Waals surface area contributed by atoms with Gasteiger partial charge in [-0.05, 0) is 30.7 Å². The zero-order valence-electron chi connectivity index (χ0n) is 12.1. The van der Waals surface area contributed by atoms with Gasteiger partial charge in [0.05, 0.1) is 4.92 Å². The van der Waals surface area contributed by atoms with E-state index < -0.39 is 0 Å². The Balaban J connectivity index is 1.94. The van der Waals surface area contributed by atoms with Gasteiger partial charge in [-0.3, -0.25) is 10.1 Å². The van der Waals surface area contributed by atoms with Crippen molar-refractivity contribution in [3.05, 3.63) is 39.4 Å². The molecule has 0 unspecified atom stereocenters. The van der Waals surface area contributed by atoms with Gasteiger partial charge in [-0.1, -0.05) is 19.1 Å². The molecule has 5 nitrogen and oxygen atoms in total. The van der Waals surface area contributed by atoms with Crippen LogP contribution in [0.2, 0.25) is 0 Å². The minimum absolute atomic E-state index is 0.196. The number of benzene rings is 1. The highest BCUT2D eigenvalue weighted by molar-refractivity contribution is 5.44. The third-order valence-electron chi connectivity index (χ3n) is 4.18. The molecule has 0 saturated carbocycles. The summed E-state index contributed by atoms with van der Waals surface area (Å²) in [4.78, 5) is 10.6. The van der Waals surface area contributed by atoms with E-state index in [4.69, 9.17) is 4.74 Å². The molecule has 0 spiro atoms. The molecule has 0 bridgehead atoms. The van der Waals surface area contributed by atoms with Crippen molar-refractivity contribution in [2.24, 2.45) is 5.41 Å². The maximum Gasteiger partial charge on any atom is 0.272 e. The van der Waals surface area contributed by atoms with Crippen LogP contribution in [0.1, 0.15) is 30.9 Å². The standard InChI is InChI=1S/C15H22N2O3/c1-12-13(4-3-5-14(12)17(18)19)10-16-11-15(2)6-8-20-9-7-15/h3-5,16H,6-11H2,1-2H3. The van der Waals surface area contributed by atoms with Gasteiger partial charge in [0.15, 0.2) is 0 Å². The second-order valence-electron chi connectivity index (χ2n) is 5.84. The molecule has 20 heavy (non-hydrogen) atoms. The van der Waals surface area contributed by atoms with E-state index >= 15 is 0 Å². The van der Waals surface area contributed by atoms with Crippen LogP contribution in [0.5, 0.6) is 0 Å². The summed E-state index contributed by atoms with van der Waals surface area (Å²) in [5.41, 5.74) is 2.21. The zero-order valence-corrected chi connectivity index (χ0v) is 12.1. The minimum atomic E-state index is -0.321. The predicted octanol–water partition coefficient (Wildman–Crippen LogP) is 2.81. The Morgan fingerprint density at radius 1 is 1.40 bits per heavy atom. The van der Waals surface area contributed by atoms with Crippen LogP contribution < -0.4 is 5.32 Å². The fourth-order valence-electron chi connectivity index (χ4n) is 2.60. The van der Waals surface area contributed by atoms with Crippen LogP contribution in [0.3, 0.4) is 0 Å². The molecule has 1 saturated heterocycles. The van der Waals surface area contributed by atoms with E-state index in [0.29, 0.717) is 6.54 Å². The number of nitro benzene ring substituents is 1. The molecule has 1 aliphatic heterocycles. The molecule has 1 fully saturated rings. The average Bonchev–Trinajstić information content (AvgIpc) is 2.41. The molecule has 0 atom stereocenters. The second-order valence-corrected chi connectivity index (χ2v) is 5.84. The third kappa shape index (κ3) is 3.55. The van der Waals surface area contributed by atoms with Crippen molar-refractivity contribution in [3.63, 3.8) is 0 Å². The highest BCUT2D eigenvalue weighted by Crippen LogP contribution is 2.29. The smallest absolute Gasteiger partial charge is 0.272 e. The maximum absolute atomic E-state index is 10.9. The van der Waals surface area contributed by atoms with Gasteiger partial charge in [-0.25, -0.2) is 0 Å². The number of nitro groups is 1. The summed E-state index contributed by atoms with van der Waals surface area (Å²) in [6, 6.07) is 5.25. The van der Waals surface area contributed by atoms with Crippen LogP contribution >= 0.6 is 0 Å². The first-order chi connectivity index (χ1) is 9.52. The Bertz CT molecular complexity index is 482. The van der Waals surface area contributed by atoms with E-state index in [0.717, 1.165) is 43.7 Å². The Morgan fingerprint density at radius 2 is 2.10 bits per heavy atom. The lowest BCUT2D eigenvalue weighted by Crippen LogP contribution is -2.36. The van der Waals surface area contributed by atoms with E-state index in [-0.39, 0.29) is 16.0 Å². The highest BCUT2D eigenvalue weighted by atomic mass is 16.6. The van der Waals surface area contributed by atoms with Crippen molar-refractivity contribution in [2.45, 2.75) is 33.2 Å². The molecule has 1 heterocycles. The van der Waals surface area contributed by atoms with Crippen LogP contribution in [-0.4, -0.2) is 24.7 Å². The molecule has 0 amide bonds. The van der Waals surface area contributed by atoms with Gasteiger partial charge in [-0.2, -0.15) is 0 Å². The highest BCUT2D eigenvalue weighted by Gasteiger charge is 2.26. The number of hydrogen-bond acceptors (Lipinski definition) is 4. The summed E-state index contributed by atoms with van der Waals surface area (Å²) in [7, 11) is 0. The number of nitrogens with zero attached hydrogens (tertiary/aromatic N) is 1. The molecule has 1 N–H and O–H groups in total. The zero-order chi connectivity index (χ0) is 14.6. The van der Waals surface area contributed by atoms with Crippen LogP contribution in [0.25, 0.3) is 0 Å². The van der Waals surface area contributed by atoms with Crippen LogP contribution in [0, 0.1) is 22.5 Å². The van der Waals surface area contributed by atoms with Gasteiger partial charge >= 0.3 is 0 Å². The fraction of sp³-hybridized carbons (Fsp3) is 0.600. The summed E-state index contributed by atoms with van der Waals surface area (Å²) in [5.74, 6) is 0. The third-order valence-corrected chi connectivity index (χ3v) is 4.18. The second kappa shape index (κ2) is 6.33. The van der Waals surface area contributed by atoms with Gasteiger partial charge < -0.3 is 10.1 Å². The summed E-state index contributed by atoms with van der Waals surface area (Å²) < 4.78 is 5.39. The lowest BCUT2D eigenvalue weighted by molar-refractivity contribution is -0.385. The Kier molecular flexibility index (Phi) is 4.73. The molecule has 0 radical (unpaired) electrons. The van der Waals surface area contributed by atoms with E-state index in [2.05, 4.69) is 12.2 Å². The first-order valence-corrected chi connectivity index (χ1v) is 7.03. The molecule has 5 heteroatoms. The van der Waals surface area contributed by atoms with E-state index in [1.54, 1.807) is 12.1 Å². The van der Waals surface area contributed by atoms with E-state index in [1.807, 2.05) is 13.0 Å². The lowest BCUT2D eigenvalue weighted by Gasteiger charge is -2.33. The van der Waals surface area contributed by atoms with E-state index in [1.165, 1.54) is 0 Å².